The van der Waals surface area contributed by atoms with Gasteiger partial charge in [0.2, 0.25) is 0 Å². The number of hydrogen-bond donors (Lipinski definition) is 1. The predicted molar refractivity (Wildman–Crippen MR) is 74.9 cm³/mol. The van der Waals surface area contributed by atoms with Crippen LogP contribution in [-0.4, -0.2) is 23.6 Å². The van der Waals surface area contributed by atoms with Crippen molar-refractivity contribution in [3.8, 4) is 0 Å². The molecule has 0 aromatic carbocycles. The van der Waals surface area contributed by atoms with E-state index in [4.69, 9.17) is 9.97 Å². The number of aryl methyl sites for hydroxylation is 2. The lowest BCUT2D eigenvalue weighted by Crippen LogP contribution is -2.11. The second-order valence-corrected chi connectivity index (χ2v) is 6.18. The number of aromatic nitrogens is 2. The Balaban J connectivity index is 2.14. The summed E-state index contributed by atoms with van der Waals surface area (Å²) >= 11 is 0. The van der Waals surface area contributed by atoms with Crippen molar-refractivity contribution in [2.75, 3.05) is 13.6 Å². The summed E-state index contributed by atoms with van der Waals surface area (Å²) in [6, 6.07) is 0. The number of hydrogen-bond acceptors (Lipinski definition) is 3. The molecule has 0 radical (unpaired) electrons. The fraction of sp³-hybridized carbons (Fsp3) is 0.733. The van der Waals surface area contributed by atoms with Crippen molar-refractivity contribution in [3.05, 3.63) is 22.8 Å². The highest BCUT2D eigenvalue weighted by atomic mass is 14.9. The van der Waals surface area contributed by atoms with Crippen LogP contribution in [0.2, 0.25) is 0 Å². The molecule has 0 spiro atoms. The molecule has 1 aliphatic rings. The lowest BCUT2D eigenvalue weighted by molar-refractivity contribution is 0.604. The quantitative estimate of drug-likeness (QED) is 0.813. The van der Waals surface area contributed by atoms with Gasteiger partial charge in [0, 0.05) is 17.3 Å². The average Bonchev–Trinajstić information content (AvgIpc) is 2.92. The molecule has 2 rings (SSSR count). The van der Waals surface area contributed by atoms with Gasteiger partial charge in [-0.3, -0.25) is 0 Å². The van der Waals surface area contributed by atoms with Gasteiger partial charge in [0.25, 0.3) is 0 Å². The van der Waals surface area contributed by atoms with Crippen molar-refractivity contribution in [1.29, 1.82) is 0 Å². The van der Waals surface area contributed by atoms with Gasteiger partial charge < -0.3 is 5.32 Å². The van der Waals surface area contributed by atoms with E-state index in [1.165, 1.54) is 23.4 Å². The smallest absolute Gasteiger partial charge is 0.132 e. The van der Waals surface area contributed by atoms with Crippen LogP contribution in [0.3, 0.4) is 0 Å². The molecule has 1 fully saturated rings. The highest BCUT2D eigenvalue weighted by molar-refractivity contribution is 5.27. The molecular weight excluding hydrogens is 222 g/mol. The third kappa shape index (κ3) is 2.72. The van der Waals surface area contributed by atoms with E-state index in [-0.39, 0.29) is 0 Å². The molecule has 18 heavy (non-hydrogen) atoms. The van der Waals surface area contributed by atoms with Gasteiger partial charge in [-0.1, -0.05) is 13.8 Å². The van der Waals surface area contributed by atoms with E-state index < -0.39 is 0 Å². The van der Waals surface area contributed by atoms with Crippen molar-refractivity contribution in [1.82, 2.24) is 15.3 Å². The minimum atomic E-state index is 0.409. The third-order valence-corrected chi connectivity index (χ3v) is 4.12. The molecule has 1 aliphatic carbocycles. The first-order valence-electron chi connectivity index (χ1n) is 6.94. The molecule has 1 aromatic heterocycles. The molecule has 1 N–H and O–H groups in total. The van der Waals surface area contributed by atoms with E-state index in [9.17, 15) is 0 Å². The van der Waals surface area contributed by atoms with E-state index in [1.807, 2.05) is 7.05 Å². The van der Waals surface area contributed by atoms with Gasteiger partial charge in [0.15, 0.2) is 0 Å². The maximum atomic E-state index is 4.74. The molecule has 0 bridgehead atoms. The van der Waals surface area contributed by atoms with Crippen LogP contribution in [0.1, 0.15) is 55.4 Å². The van der Waals surface area contributed by atoms with Crippen LogP contribution in [0.5, 0.6) is 0 Å². The lowest BCUT2D eigenvalue weighted by Gasteiger charge is -2.11. The Kier molecular flexibility index (Phi) is 3.71. The lowest BCUT2D eigenvalue weighted by atomic mass is 10.1. The summed E-state index contributed by atoms with van der Waals surface area (Å²) in [5.74, 6) is 1.63. The number of nitrogens with one attached hydrogen (secondary N) is 1. The van der Waals surface area contributed by atoms with Crippen molar-refractivity contribution in [3.63, 3.8) is 0 Å². The number of nitrogens with zero attached hydrogens (tertiary/aromatic N) is 2. The summed E-state index contributed by atoms with van der Waals surface area (Å²) in [5.41, 5.74) is 4.10. The Morgan fingerprint density at radius 1 is 1.22 bits per heavy atom. The van der Waals surface area contributed by atoms with Crippen LogP contribution in [0.25, 0.3) is 0 Å². The Morgan fingerprint density at radius 3 is 2.22 bits per heavy atom. The summed E-state index contributed by atoms with van der Waals surface area (Å²) in [6.07, 6.45) is 3.45. The van der Waals surface area contributed by atoms with Gasteiger partial charge in [-0.25, -0.2) is 9.97 Å². The molecule has 1 heterocycles. The van der Waals surface area contributed by atoms with Crippen molar-refractivity contribution < 1.29 is 0 Å². The van der Waals surface area contributed by atoms with Gasteiger partial charge in [0.1, 0.15) is 5.82 Å². The van der Waals surface area contributed by atoms with Crippen LogP contribution >= 0.6 is 0 Å². The maximum Gasteiger partial charge on any atom is 0.132 e. The number of rotatable bonds is 5. The summed E-state index contributed by atoms with van der Waals surface area (Å²) in [5, 5.41) is 3.19. The van der Waals surface area contributed by atoms with Gasteiger partial charge in [0.05, 0.1) is 0 Å². The van der Waals surface area contributed by atoms with Crippen LogP contribution in [0.4, 0.5) is 0 Å². The summed E-state index contributed by atoms with van der Waals surface area (Å²) in [7, 11) is 1.99. The van der Waals surface area contributed by atoms with Crippen LogP contribution < -0.4 is 5.32 Å². The van der Waals surface area contributed by atoms with Gasteiger partial charge >= 0.3 is 0 Å². The standard InChI is InChI=1S/C15H25N3/c1-10-12(7-6-8-16-5)11(2)18-14(17-10)13-9-15(13,3)4/h13,16H,6-9H2,1-5H3. The zero-order chi connectivity index (χ0) is 13.3. The van der Waals surface area contributed by atoms with Gasteiger partial charge in [-0.05, 0) is 57.7 Å². The zero-order valence-electron chi connectivity index (χ0n) is 12.3. The molecule has 0 aliphatic heterocycles. The van der Waals surface area contributed by atoms with Gasteiger partial charge in [-0.15, -0.1) is 0 Å². The highest BCUT2D eigenvalue weighted by Gasteiger charge is 2.48. The summed E-state index contributed by atoms with van der Waals surface area (Å²) in [6.45, 7) is 9.90. The molecule has 0 saturated heterocycles. The average molecular weight is 247 g/mol. The highest BCUT2D eigenvalue weighted by Crippen LogP contribution is 2.57. The minimum absolute atomic E-state index is 0.409. The van der Waals surface area contributed by atoms with Crippen LogP contribution in [-0.2, 0) is 6.42 Å². The largest absolute Gasteiger partial charge is 0.320 e. The Morgan fingerprint density at radius 2 is 1.78 bits per heavy atom. The van der Waals surface area contributed by atoms with E-state index >= 15 is 0 Å². The van der Waals surface area contributed by atoms with Crippen molar-refractivity contribution >= 4 is 0 Å². The first-order chi connectivity index (χ1) is 8.45. The molecule has 100 valence electrons. The second kappa shape index (κ2) is 4.96. The van der Waals surface area contributed by atoms with E-state index in [0.717, 1.165) is 25.2 Å². The monoisotopic (exact) mass is 247 g/mol. The molecule has 1 aromatic rings. The second-order valence-electron chi connectivity index (χ2n) is 6.18. The zero-order valence-corrected chi connectivity index (χ0v) is 12.3. The van der Waals surface area contributed by atoms with Crippen molar-refractivity contribution in [2.24, 2.45) is 5.41 Å². The third-order valence-electron chi connectivity index (χ3n) is 4.12. The SMILES string of the molecule is CNCCCc1c(C)nc(C2CC2(C)C)nc1C. The van der Waals surface area contributed by atoms with Crippen molar-refractivity contribution in [2.45, 2.75) is 52.9 Å². The molecule has 1 unspecified atom stereocenters. The normalized spacial score (nSPS) is 21.1. The molecule has 3 nitrogen and oxygen atoms in total. The Bertz CT molecular complexity index is 414. The molecule has 0 amide bonds. The summed E-state index contributed by atoms with van der Waals surface area (Å²) in [4.78, 5) is 9.48. The molecule has 3 heteroatoms. The molecular formula is C15H25N3. The van der Waals surface area contributed by atoms with Gasteiger partial charge in [-0.2, -0.15) is 0 Å². The Hall–Kier alpha value is -0.960. The maximum absolute atomic E-state index is 4.74. The topological polar surface area (TPSA) is 37.8 Å². The fourth-order valence-electron chi connectivity index (χ4n) is 2.63. The Labute approximate surface area is 110 Å². The first kappa shape index (κ1) is 13.5. The molecule has 1 atom stereocenters. The van der Waals surface area contributed by atoms with E-state index in [0.29, 0.717) is 11.3 Å². The first-order valence-corrected chi connectivity index (χ1v) is 6.94. The molecule has 1 saturated carbocycles. The van der Waals surface area contributed by atoms with E-state index in [2.05, 4.69) is 33.0 Å². The van der Waals surface area contributed by atoms with E-state index in [1.54, 1.807) is 0 Å². The fourth-order valence-corrected chi connectivity index (χ4v) is 2.63. The minimum Gasteiger partial charge on any atom is -0.320 e. The van der Waals surface area contributed by atoms with Crippen LogP contribution in [0, 0.1) is 19.3 Å². The van der Waals surface area contributed by atoms with Crippen LogP contribution in [0.15, 0.2) is 0 Å². The predicted octanol–water partition coefficient (Wildman–Crippen LogP) is 2.76. The summed E-state index contributed by atoms with van der Waals surface area (Å²) < 4.78 is 0.